The monoisotopic (exact) mass is 124 g/mol. The van der Waals surface area contributed by atoms with Crippen LogP contribution in [0, 0.1) is 16.7 Å². The van der Waals surface area contributed by atoms with E-state index in [4.69, 9.17) is 5.11 Å². The van der Waals surface area contributed by atoms with Gasteiger partial charge in [-0.1, -0.05) is 0 Å². The van der Waals surface area contributed by atoms with Gasteiger partial charge in [-0.05, 0) is 42.4 Å². The highest BCUT2D eigenvalue weighted by Gasteiger charge is 2.83. The number of aliphatic hydroxyl groups is 1. The summed E-state index contributed by atoms with van der Waals surface area (Å²) in [6.07, 6.45) is 5.77. The third-order valence-electron chi connectivity index (χ3n) is 3.89. The minimum atomic E-state index is 0.460. The number of aliphatic hydroxyl groups excluding tert-OH is 1. The number of fused-ring (bicyclic) bond motifs is 1. The molecule has 0 bridgehead atoms. The molecule has 2 atom stereocenters. The van der Waals surface area contributed by atoms with Crippen LogP contribution in [0.4, 0.5) is 0 Å². The summed E-state index contributed by atoms with van der Waals surface area (Å²) >= 11 is 0. The Labute approximate surface area is 55.1 Å². The van der Waals surface area contributed by atoms with Crippen molar-refractivity contribution in [1.29, 1.82) is 0 Å². The van der Waals surface area contributed by atoms with Gasteiger partial charge < -0.3 is 5.11 Å². The van der Waals surface area contributed by atoms with E-state index in [9.17, 15) is 0 Å². The van der Waals surface area contributed by atoms with Crippen LogP contribution in [0.15, 0.2) is 0 Å². The Hall–Kier alpha value is -0.0400. The SMILES string of the molecule is OC[C@@H]1C[C@@]12CC21CC1. The van der Waals surface area contributed by atoms with Gasteiger partial charge in [0.15, 0.2) is 0 Å². The van der Waals surface area contributed by atoms with E-state index in [1.807, 2.05) is 0 Å². The van der Waals surface area contributed by atoms with Crippen LogP contribution in [-0.2, 0) is 0 Å². The summed E-state index contributed by atoms with van der Waals surface area (Å²) < 4.78 is 0. The molecule has 50 valence electrons. The molecule has 3 aliphatic carbocycles. The normalized spacial score (nSPS) is 56.3. The molecule has 3 aliphatic rings. The molecule has 3 fully saturated rings. The molecule has 0 aromatic heterocycles. The molecule has 0 amide bonds. The Balaban J connectivity index is 1.83. The first-order valence-electron chi connectivity index (χ1n) is 3.94. The summed E-state index contributed by atoms with van der Waals surface area (Å²) in [6.45, 7) is 0.460. The van der Waals surface area contributed by atoms with Crippen molar-refractivity contribution in [2.24, 2.45) is 16.7 Å². The van der Waals surface area contributed by atoms with Gasteiger partial charge in [-0.3, -0.25) is 0 Å². The van der Waals surface area contributed by atoms with Gasteiger partial charge in [0.25, 0.3) is 0 Å². The van der Waals surface area contributed by atoms with Gasteiger partial charge in [0, 0.05) is 6.61 Å². The Morgan fingerprint density at radius 1 is 1.44 bits per heavy atom. The fraction of sp³-hybridized carbons (Fsp3) is 1.00. The zero-order valence-electron chi connectivity index (χ0n) is 5.56. The van der Waals surface area contributed by atoms with Crippen LogP contribution in [0.1, 0.15) is 25.7 Å². The minimum Gasteiger partial charge on any atom is -0.396 e. The van der Waals surface area contributed by atoms with E-state index in [1.165, 1.54) is 25.7 Å². The van der Waals surface area contributed by atoms with E-state index in [2.05, 4.69) is 0 Å². The average Bonchev–Trinajstić information content (AvgIpc) is 2.69. The van der Waals surface area contributed by atoms with E-state index in [0.717, 1.165) is 16.7 Å². The molecule has 0 radical (unpaired) electrons. The van der Waals surface area contributed by atoms with Gasteiger partial charge in [-0.25, -0.2) is 0 Å². The van der Waals surface area contributed by atoms with Crippen molar-refractivity contribution in [3.8, 4) is 0 Å². The lowest BCUT2D eigenvalue weighted by Gasteiger charge is -1.87. The third-order valence-corrected chi connectivity index (χ3v) is 3.89. The second-order valence-corrected chi connectivity index (χ2v) is 4.20. The number of hydrogen-bond acceptors (Lipinski definition) is 1. The molecule has 0 heterocycles. The maximum atomic E-state index is 8.84. The molecule has 0 unspecified atom stereocenters. The van der Waals surface area contributed by atoms with Gasteiger partial charge >= 0.3 is 0 Å². The highest BCUT2D eigenvalue weighted by atomic mass is 16.3. The Bertz CT molecular complexity index is 171. The van der Waals surface area contributed by atoms with Gasteiger partial charge in [-0.2, -0.15) is 0 Å². The summed E-state index contributed by atoms with van der Waals surface area (Å²) in [5, 5.41) is 8.84. The summed E-state index contributed by atoms with van der Waals surface area (Å²) in [6, 6.07) is 0. The summed E-state index contributed by atoms with van der Waals surface area (Å²) in [5.41, 5.74) is 1.54. The van der Waals surface area contributed by atoms with Gasteiger partial charge in [-0.15, -0.1) is 0 Å². The molecule has 2 spiro atoms. The molecule has 1 nitrogen and oxygen atoms in total. The first-order chi connectivity index (χ1) is 4.33. The van der Waals surface area contributed by atoms with Gasteiger partial charge in [0.2, 0.25) is 0 Å². The molecule has 0 aromatic carbocycles. The molecule has 9 heavy (non-hydrogen) atoms. The predicted octanol–water partition coefficient (Wildman–Crippen LogP) is 1.17. The highest BCUT2D eigenvalue weighted by Crippen LogP contribution is 2.91. The van der Waals surface area contributed by atoms with E-state index in [1.54, 1.807) is 0 Å². The zero-order chi connectivity index (χ0) is 6.11. The molecule has 0 saturated heterocycles. The molecule has 3 rings (SSSR count). The topological polar surface area (TPSA) is 20.2 Å². The molecule has 1 N–H and O–H groups in total. The van der Waals surface area contributed by atoms with Crippen molar-refractivity contribution in [1.82, 2.24) is 0 Å². The maximum absolute atomic E-state index is 8.84. The van der Waals surface area contributed by atoms with Gasteiger partial charge in [0.1, 0.15) is 0 Å². The molecule has 0 aliphatic heterocycles. The fourth-order valence-corrected chi connectivity index (χ4v) is 2.87. The quantitative estimate of drug-likeness (QED) is 0.556. The lowest BCUT2D eigenvalue weighted by atomic mass is 10.2. The summed E-state index contributed by atoms with van der Waals surface area (Å²) in [5.74, 6) is 0.722. The second kappa shape index (κ2) is 0.968. The first-order valence-corrected chi connectivity index (χ1v) is 3.94. The van der Waals surface area contributed by atoms with Crippen LogP contribution in [0.25, 0.3) is 0 Å². The lowest BCUT2D eigenvalue weighted by molar-refractivity contribution is 0.264. The van der Waals surface area contributed by atoms with Crippen LogP contribution < -0.4 is 0 Å². The predicted molar refractivity (Wildman–Crippen MR) is 33.9 cm³/mol. The van der Waals surface area contributed by atoms with Crippen LogP contribution in [0.3, 0.4) is 0 Å². The Morgan fingerprint density at radius 3 is 2.56 bits per heavy atom. The van der Waals surface area contributed by atoms with Gasteiger partial charge in [0.05, 0.1) is 0 Å². The van der Waals surface area contributed by atoms with E-state index >= 15 is 0 Å². The Kier molecular flexibility index (Phi) is 0.508. The van der Waals surface area contributed by atoms with Crippen molar-refractivity contribution < 1.29 is 5.11 Å². The largest absolute Gasteiger partial charge is 0.396 e. The van der Waals surface area contributed by atoms with E-state index < -0.39 is 0 Å². The van der Waals surface area contributed by atoms with Crippen LogP contribution in [0.5, 0.6) is 0 Å². The summed E-state index contributed by atoms with van der Waals surface area (Å²) in [4.78, 5) is 0. The van der Waals surface area contributed by atoms with E-state index in [-0.39, 0.29) is 0 Å². The van der Waals surface area contributed by atoms with Crippen LogP contribution >= 0.6 is 0 Å². The number of hydrogen-bond donors (Lipinski definition) is 1. The fourth-order valence-electron chi connectivity index (χ4n) is 2.87. The second-order valence-electron chi connectivity index (χ2n) is 4.20. The first kappa shape index (κ1) is 4.73. The van der Waals surface area contributed by atoms with E-state index in [0.29, 0.717) is 6.61 Å². The minimum absolute atomic E-state index is 0.460. The van der Waals surface area contributed by atoms with Crippen LogP contribution in [0.2, 0.25) is 0 Å². The smallest absolute Gasteiger partial charge is 0.0465 e. The third kappa shape index (κ3) is 0.337. The van der Waals surface area contributed by atoms with Crippen LogP contribution in [-0.4, -0.2) is 11.7 Å². The van der Waals surface area contributed by atoms with Crippen molar-refractivity contribution >= 4 is 0 Å². The molecule has 3 saturated carbocycles. The molecular weight excluding hydrogens is 112 g/mol. The van der Waals surface area contributed by atoms with Crippen molar-refractivity contribution in [3.05, 3.63) is 0 Å². The number of rotatable bonds is 1. The lowest BCUT2D eigenvalue weighted by Crippen LogP contribution is -1.89. The van der Waals surface area contributed by atoms with Crippen molar-refractivity contribution in [2.75, 3.05) is 6.61 Å². The summed E-state index contributed by atoms with van der Waals surface area (Å²) in [7, 11) is 0. The average molecular weight is 124 g/mol. The Morgan fingerprint density at radius 2 is 2.22 bits per heavy atom. The molecular formula is C8H12O. The molecule has 0 aromatic rings. The standard InChI is InChI=1S/C8H12O/c9-4-6-3-8(6)5-7(8)1-2-7/h6,9H,1-5H2/t6-,8+/m0/s1. The highest BCUT2D eigenvalue weighted by molar-refractivity contribution is 5.32. The van der Waals surface area contributed by atoms with Crippen molar-refractivity contribution in [2.45, 2.75) is 25.7 Å². The zero-order valence-corrected chi connectivity index (χ0v) is 5.56. The molecule has 1 heteroatoms. The maximum Gasteiger partial charge on any atom is 0.0465 e. The van der Waals surface area contributed by atoms with Crippen molar-refractivity contribution in [3.63, 3.8) is 0 Å².